The van der Waals surface area contributed by atoms with Gasteiger partial charge in [0.05, 0.1) is 16.8 Å². The third kappa shape index (κ3) is 5.66. The van der Waals surface area contributed by atoms with Crippen molar-refractivity contribution in [2.45, 2.75) is 30.4 Å². The molecule has 2 aromatic rings. The first-order chi connectivity index (χ1) is 15.0. The largest absolute Gasteiger partial charge is 1.00 e. The van der Waals surface area contributed by atoms with Crippen LogP contribution in [-0.2, 0) is 10.9 Å². The van der Waals surface area contributed by atoms with Crippen LogP contribution in [0.15, 0.2) is 24.4 Å². The Balaban J connectivity index is 0.00000306. The fourth-order valence-electron chi connectivity index (χ4n) is 3.77. The first kappa shape index (κ1) is 26.6. The Hall–Kier alpha value is -0.954. The number of halogens is 5. The van der Waals surface area contributed by atoms with Gasteiger partial charge < -0.3 is 15.0 Å². The zero-order valence-electron chi connectivity index (χ0n) is 17.7. The number of cyclic esters (lactones) is 1. The quantitative estimate of drug-likeness (QED) is 0.383. The number of likely N-dealkylation sites (N-methyl/N-ethyl adjacent to an activating group) is 1. The van der Waals surface area contributed by atoms with E-state index in [-0.39, 0.29) is 85.9 Å². The van der Waals surface area contributed by atoms with Crippen molar-refractivity contribution < 1.29 is 82.9 Å². The molecule has 0 radical (unpaired) electrons. The molecule has 0 aliphatic carbocycles. The van der Waals surface area contributed by atoms with E-state index in [1.54, 1.807) is 11.9 Å². The van der Waals surface area contributed by atoms with Gasteiger partial charge in [0, 0.05) is 24.8 Å². The van der Waals surface area contributed by atoms with Gasteiger partial charge in [-0.15, -0.1) is 6.04 Å². The first-order valence-electron chi connectivity index (χ1n) is 9.54. The van der Waals surface area contributed by atoms with Crippen molar-refractivity contribution in [1.29, 1.82) is 0 Å². The van der Waals surface area contributed by atoms with Crippen molar-refractivity contribution >= 4 is 27.0 Å². The second kappa shape index (κ2) is 9.96. The van der Waals surface area contributed by atoms with Gasteiger partial charge in [-0.2, -0.15) is 29.0 Å². The number of alkyl halides is 5. The second-order valence-electron chi connectivity index (χ2n) is 7.45. The molecule has 172 valence electrons. The summed E-state index contributed by atoms with van der Waals surface area (Å²) in [5.41, 5.74) is -5.07. The number of hydrogen-bond donors (Lipinski definition) is 1. The van der Waals surface area contributed by atoms with Crippen LogP contribution >= 0.6 is 9.24 Å². The van der Waals surface area contributed by atoms with Crippen molar-refractivity contribution in [3.05, 3.63) is 40.8 Å². The molecule has 1 N–H and O–H groups in total. The Morgan fingerprint density at radius 1 is 1.27 bits per heavy atom. The molecule has 0 spiro atoms. The Morgan fingerprint density at radius 2 is 2.00 bits per heavy atom. The van der Waals surface area contributed by atoms with Crippen molar-refractivity contribution in [3.63, 3.8) is 0 Å². The molecular formula is C19H18F5KN5O2P. The Morgan fingerprint density at radius 3 is 2.61 bits per heavy atom. The standard InChI is InChI=1S/C19H18F5N5O2P.K/c1-25-10-3-5-29(8-10)13-7-9(18(20,21)22)6-12(27-13)11-2-4-26-16-14(11)15(19(23,24)32)31-17(30)28-16;/h2,4,6-7,10,15H,3,5,8,32H2,1H3,(H,26,28,30);/q-1;+1/t10-,15?;/m0./s1. The molecule has 7 nitrogen and oxygen atoms in total. The van der Waals surface area contributed by atoms with Crippen LogP contribution in [0.5, 0.6) is 0 Å². The third-order valence-corrected chi connectivity index (χ3v) is 5.62. The van der Waals surface area contributed by atoms with Gasteiger partial charge in [-0.1, -0.05) is 9.24 Å². The molecule has 3 atom stereocenters. The maximum atomic E-state index is 14.2. The molecule has 0 saturated carbocycles. The summed E-state index contributed by atoms with van der Waals surface area (Å²) in [5.74, 6) is -0.167. The molecule has 2 unspecified atom stereocenters. The van der Waals surface area contributed by atoms with Crippen molar-refractivity contribution in [2.75, 3.05) is 30.4 Å². The Bertz CT molecular complexity index is 1050. The zero-order valence-corrected chi connectivity index (χ0v) is 21.9. The molecule has 1 fully saturated rings. The number of carbonyl (C=O) groups is 1. The molecular weight excluding hydrogens is 495 g/mol. The number of amides is 1. The van der Waals surface area contributed by atoms with Crippen molar-refractivity contribution in [3.8, 4) is 11.3 Å². The molecule has 1 amide bonds. The summed E-state index contributed by atoms with van der Waals surface area (Å²) in [6.45, 7) is 0.847. The molecule has 2 aliphatic heterocycles. The van der Waals surface area contributed by atoms with Crippen LogP contribution in [0.25, 0.3) is 16.6 Å². The van der Waals surface area contributed by atoms with E-state index >= 15 is 0 Å². The summed E-state index contributed by atoms with van der Waals surface area (Å²) in [5, 5.41) is 6.39. The molecule has 0 aromatic carbocycles. The predicted molar refractivity (Wildman–Crippen MR) is 110 cm³/mol. The van der Waals surface area contributed by atoms with Crippen LogP contribution in [0.1, 0.15) is 23.7 Å². The summed E-state index contributed by atoms with van der Waals surface area (Å²) in [6, 6.07) is 2.94. The fourth-order valence-corrected chi connectivity index (χ4v) is 4.00. The third-order valence-electron chi connectivity index (χ3n) is 5.31. The number of ether oxygens (including phenoxy) is 1. The summed E-state index contributed by atoms with van der Waals surface area (Å²) in [4.78, 5) is 21.6. The molecule has 4 heterocycles. The number of hydrogen-bond acceptors (Lipinski definition) is 5. The Kier molecular flexibility index (Phi) is 8.04. The molecule has 2 aromatic heterocycles. The maximum Gasteiger partial charge on any atom is 1.00 e. The van der Waals surface area contributed by atoms with Gasteiger partial charge in [0.15, 0.2) is 6.10 Å². The summed E-state index contributed by atoms with van der Waals surface area (Å²) in [7, 11) is 2.92. The SMILES string of the molecule is C[N-][C@H]1CCN(c2cc(C(F)(F)F)cc(-c3ccnc4c3C(C(F)(F)P)OC(=O)N4)n2)C1.[K+]. The average Bonchev–Trinajstić information content (AvgIpc) is 3.20. The predicted octanol–water partition coefficient (Wildman–Crippen LogP) is 1.82. The van der Waals surface area contributed by atoms with Crippen LogP contribution in [-0.4, -0.2) is 47.9 Å². The molecule has 14 heteroatoms. The van der Waals surface area contributed by atoms with Crippen molar-refractivity contribution in [1.82, 2.24) is 9.97 Å². The molecule has 4 rings (SSSR count). The van der Waals surface area contributed by atoms with Crippen LogP contribution < -0.4 is 61.6 Å². The minimum Gasteiger partial charge on any atom is -0.661 e. The first-order valence-corrected chi connectivity index (χ1v) is 10.1. The average molecular weight is 513 g/mol. The van der Waals surface area contributed by atoms with Gasteiger partial charge in [0.2, 0.25) is 0 Å². The van der Waals surface area contributed by atoms with Gasteiger partial charge in [-0.05, 0) is 24.6 Å². The van der Waals surface area contributed by atoms with E-state index in [1.807, 2.05) is 0 Å². The number of anilines is 2. The monoisotopic (exact) mass is 513 g/mol. The second-order valence-corrected chi connectivity index (χ2v) is 8.22. The van der Waals surface area contributed by atoms with Gasteiger partial charge in [-0.25, -0.2) is 14.8 Å². The number of aromatic nitrogens is 2. The summed E-state index contributed by atoms with van der Waals surface area (Å²) in [6.07, 6.45) is -6.05. The van der Waals surface area contributed by atoms with Gasteiger partial charge in [0.1, 0.15) is 11.6 Å². The van der Waals surface area contributed by atoms with Crippen LogP contribution in [0.2, 0.25) is 0 Å². The number of rotatable bonds is 4. The number of pyridine rings is 2. The zero-order chi connectivity index (χ0) is 23.3. The van der Waals surface area contributed by atoms with Gasteiger partial charge in [-0.3, -0.25) is 5.32 Å². The molecule has 1 saturated heterocycles. The van der Waals surface area contributed by atoms with E-state index < -0.39 is 29.6 Å². The van der Waals surface area contributed by atoms with Crippen LogP contribution in [0.3, 0.4) is 0 Å². The minimum absolute atomic E-state index is 0. The molecule has 2 aliphatic rings. The van der Waals surface area contributed by atoms with E-state index in [0.29, 0.717) is 19.5 Å². The Labute approximate surface area is 230 Å². The van der Waals surface area contributed by atoms with E-state index in [2.05, 4.69) is 20.6 Å². The van der Waals surface area contributed by atoms with Crippen LogP contribution in [0, 0.1) is 0 Å². The van der Waals surface area contributed by atoms with Crippen LogP contribution in [0.4, 0.5) is 38.4 Å². The van der Waals surface area contributed by atoms with E-state index in [0.717, 1.165) is 12.1 Å². The number of nitrogens with one attached hydrogen (secondary N) is 1. The van der Waals surface area contributed by atoms with E-state index in [4.69, 9.17) is 4.74 Å². The normalized spacial score (nSPS) is 20.6. The van der Waals surface area contributed by atoms with E-state index in [1.165, 1.54) is 21.5 Å². The molecule has 0 bridgehead atoms. The van der Waals surface area contributed by atoms with Gasteiger partial charge in [0.25, 0.3) is 5.66 Å². The smallest absolute Gasteiger partial charge is 0.661 e. The number of fused-ring (bicyclic) bond motifs is 1. The topological polar surface area (TPSA) is 81.5 Å². The number of nitrogens with zero attached hydrogens (tertiary/aromatic N) is 4. The fraction of sp³-hybridized carbons (Fsp3) is 0.421. The summed E-state index contributed by atoms with van der Waals surface area (Å²) < 4.78 is 74.2. The minimum atomic E-state index is -4.69. The maximum absolute atomic E-state index is 14.2. The van der Waals surface area contributed by atoms with E-state index in [9.17, 15) is 26.7 Å². The summed E-state index contributed by atoms with van der Waals surface area (Å²) >= 11 is 0. The number of carbonyl (C=O) groups excluding carboxylic acids is 1. The van der Waals surface area contributed by atoms with Crippen molar-refractivity contribution in [2.24, 2.45) is 0 Å². The molecule has 33 heavy (non-hydrogen) atoms. The van der Waals surface area contributed by atoms with Gasteiger partial charge >= 0.3 is 63.7 Å².